The van der Waals surface area contributed by atoms with Gasteiger partial charge in [-0.3, -0.25) is 5.10 Å². The Balaban J connectivity index is 0.00000108. The molecule has 0 fully saturated rings. The van der Waals surface area contributed by atoms with Crippen LogP contribution in [0.2, 0.25) is 0 Å². The van der Waals surface area contributed by atoms with Gasteiger partial charge in [-0.25, -0.2) is 4.39 Å². The maximum absolute atomic E-state index is 13.6. The SMILES string of the molecule is Cl.Fc1ccccc1-c1n[nH]c2c1CNCC2. The van der Waals surface area contributed by atoms with Crippen LogP contribution in [0.5, 0.6) is 0 Å². The highest BCUT2D eigenvalue weighted by Gasteiger charge is 2.19. The summed E-state index contributed by atoms with van der Waals surface area (Å²) in [7, 11) is 0. The summed E-state index contributed by atoms with van der Waals surface area (Å²) in [6.07, 6.45) is 0.927. The Kier molecular flexibility index (Phi) is 3.45. The number of hydrogen-bond acceptors (Lipinski definition) is 2. The molecule has 2 heterocycles. The molecule has 0 saturated carbocycles. The minimum absolute atomic E-state index is 0. The average molecular weight is 254 g/mol. The average Bonchev–Trinajstić information content (AvgIpc) is 2.74. The number of benzene rings is 1. The molecular weight excluding hydrogens is 241 g/mol. The maximum Gasteiger partial charge on any atom is 0.132 e. The van der Waals surface area contributed by atoms with Crippen LogP contribution in [0.15, 0.2) is 24.3 Å². The third-order valence-corrected chi connectivity index (χ3v) is 2.94. The highest BCUT2D eigenvalue weighted by atomic mass is 35.5. The summed E-state index contributed by atoms with van der Waals surface area (Å²) in [5.74, 6) is -0.220. The lowest BCUT2D eigenvalue weighted by molar-refractivity contribution is 0.627. The van der Waals surface area contributed by atoms with Gasteiger partial charge in [0, 0.05) is 36.3 Å². The van der Waals surface area contributed by atoms with Crippen molar-refractivity contribution in [3.63, 3.8) is 0 Å². The molecule has 0 radical (unpaired) electrons. The zero-order valence-electron chi connectivity index (χ0n) is 9.16. The van der Waals surface area contributed by atoms with E-state index in [9.17, 15) is 4.39 Å². The summed E-state index contributed by atoms with van der Waals surface area (Å²) < 4.78 is 13.6. The Bertz CT molecular complexity index is 524. The number of rotatable bonds is 1. The molecule has 3 nitrogen and oxygen atoms in total. The number of fused-ring (bicyclic) bond motifs is 1. The summed E-state index contributed by atoms with van der Waals surface area (Å²) in [4.78, 5) is 0. The van der Waals surface area contributed by atoms with Gasteiger partial charge in [0.25, 0.3) is 0 Å². The first kappa shape index (κ1) is 12.1. The van der Waals surface area contributed by atoms with E-state index in [1.807, 2.05) is 6.07 Å². The van der Waals surface area contributed by atoms with Crippen molar-refractivity contribution in [2.45, 2.75) is 13.0 Å². The van der Waals surface area contributed by atoms with Crippen LogP contribution < -0.4 is 5.32 Å². The first-order valence-electron chi connectivity index (χ1n) is 5.38. The van der Waals surface area contributed by atoms with Crippen molar-refractivity contribution in [2.75, 3.05) is 6.54 Å². The molecule has 0 aliphatic carbocycles. The summed E-state index contributed by atoms with van der Waals surface area (Å²) >= 11 is 0. The van der Waals surface area contributed by atoms with Crippen LogP contribution in [0.25, 0.3) is 11.3 Å². The monoisotopic (exact) mass is 253 g/mol. The molecule has 1 aliphatic rings. The fraction of sp³-hybridized carbons (Fsp3) is 0.250. The van der Waals surface area contributed by atoms with E-state index in [2.05, 4.69) is 15.5 Å². The van der Waals surface area contributed by atoms with Crippen molar-refractivity contribution in [1.82, 2.24) is 15.5 Å². The fourth-order valence-corrected chi connectivity index (χ4v) is 2.10. The first-order valence-corrected chi connectivity index (χ1v) is 5.38. The van der Waals surface area contributed by atoms with E-state index in [1.165, 1.54) is 6.07 Å². The molecule has 5 heteroatoms. The topological polar surface area (TPSA) is 40.7 Å². The minimum Gasteiger partial charge on any atom is -0.312 e. The normalized spacial score (nSPS) is 13.9. The van der Waals surface area contributed by atoms with Crippen molar-refractivity contribution in [3.8, 4) is 11.3 Å². The summed E-state index contributed by atoms with van der Waals surface area (Å²) in [6.45, 7) is 1.71. The lowest BCUT2D eigenvalue weighted by atomic mass is 10.0. The number of hydrogen-bond donors (Lipinski definition) is 2. The second kappa shape index (κ2) is 4.85. The molecule has 0 spiro atoms. The molecule has 2 aromatic rings. The third kappa shape index (κ3) is 2.06. The molecule has 1 aromatic carbocycles. The van der Waals surface area contributed by atoms with Crippen LogP contribution in [0, 0.1) is 5.82 Å². The predicted octanol–water partition coefficient (Wildman–Crippen LogP) is 2.28. The van der Waals surface area contributed by atoms with E-state index in [4.69, 9.17) is 0 Å². The zero-order chi connectivity index (χ0) is 11.0. The molecule has 0 bridgehead atoms. The van der Waals surface area contributed by atoms with Gasteiger partial charge in [0.2, 0.25) is 0 Å². The molecule has 90 valence electrons. The molecule has 1 aliphatic heterocycles. The van der Waals surface area contributed by atoms with Crippen LogP contribution in [0.1, 0.15) is 11.3 Å². The Labute approximate surface area is 105 Å². The van der Waals surface area contributed by atoms with Crippen LogP contribution in [0.3, 0.4) is 0 Å². The van der Waals surface area contributed by atoms with Gasteiger partial charge in [0.05, 0.1) is 5.69 Å². The molecule has 0 unspecified atom stereocenters. The fourth-order valence-electron chi connectivity index (χ4n) is 2.10. The molecule has 2 N–H and O–H groups in total. The number of halogens is 2. The van der Waals surface area contributed by atoms with Gasteiger partial charge >= 0.3 is 0 Å². The summed E-state index contributed by atoms with van der Waals surface area (Å²) in [6, 6.07) is 6.75. The van der Waals surface area contributed by atoms with E-state index < -0.39 is 0 Å². The van der Waals surface area contributed by atoms with E-state index in [0.717, 1.165) is 36.5 Å². The van der Waals surface area contributed by atoms with Gasteiger partial charge in [-0.2, -0.15) is 5.10 Å². The molecule has 3 rings (SSSR count). The zero-order valence-corrected chi connectivity index (χ0v) is 9.98. The van der Waals surface area contributed by atoms with Gasteiger partial charge in [-0.1, -0.05) is 12.1 Å². The minimum atomic E-state index is -0.220. The van der Waals surface area contributed by atoms with Crippen molar-refractivity contribution < 1.29 is 4.39 Å². The van der Waals surface area contributed by atoms with Crippen molar-refractivity contribution >= 4 is 12.4 Å². The van der Waals surface area contributed by atoms with Gasteiger partial charge < -0.3 is 5.32 Å². The Morgan fingerprint density at radius 3 is 2.88 bits per heavy atom. The number of nitrogens with zero attached hydrogens (tertiary/aromatic N) is 1. The molecule has 0 saturated heterocycles. The third-order valence-electron chi connectivity index (χ3n) is 2.94. The second-order valence-electron chi connectivity index (χ2n) is 3.94. The van der Waals surface area contributed by atoms with Crippen molar-refractivity contribution in [2.24, 2.45) is 0 Å². The van der Waals surface area contributed by atoms with Gasteiger partial charge in [-0.15, -0.1) is 12.4 Å². The Hall–Kier alpha value is -1.39. The lowest BCUT2D eigenvalue weighted by Gasteiger charge is -2.13. The molecule has 17 heavy (non-hydrogen) atoms. The quantitative estimate of drug-likeness (QED) is 0.819. The highest BCUT2D eigenvalue weighted by Crippen LogP contribution is 2.27. The van der Waals surface area contributed by atoms with Crippen molar-refractivity contribution in [1.29, 1.82) is 0 Å². The Morgan fingerprint density at radius 2 is 2.06 bits per heavy atom. The summed E-state index contributed by atoms with van der Waals surface area (Å²) in [5.41, 5.74) is 3.53. The highest BCUT2D eigenvalue weighted by molar-refractivity contribution is 5.85. The standard InChI is InChI=1S/C12H12FN3.ClH/c13-10-4-2-1-3-8(10)12-9-7-14-6-5-11(9)15-16-12;/h1-4,14H,5-7H2,(H,15,16);1H. The number of aromatic amines is 1. The second-order valence-corrected chi connectivity index (χ2v) is 3.94. The molecule has 0 amide bonds. The van der Waals surface area contributed by atoms with Gasteiger partial charge in [0.15, 0.2) is 0 Å². The molecular formula is C12H13ClFN3. The first-order chi connectivity index (χ1) is 7.86. The van der Waals surface area contributed by atoms with Crippen molar-refractivity contribution in [3.05, 3.63) is 41.3 Å². The number of aromatic nitrogens is 2. The smallest absolute Gasteiger partial charge is 0.132 e. The van der Waals surface area contributed by atoms with E-state index in [-0.39, 0.29) is 18.2 Å². The summed E-state index contributed by atoms with van der Waals surface area (Å²) in [5, 5.41) is 10.5. The van der Waals surface area contributed by atoms with E-state index in [0.29, 0.717) is 5.56 Å². The lowest BCUT2D eigenvalue weighted by Crippen LogP contribution is -2.23. The van der Waals surface area contributed by atoms with E-state index >= 15 is 0 Å². The molecule has 1 aromatic heterocycles. The van der Waals surface area contributed by atoms with Gasteiger partial charge in [-0.05, 0) is 12.1 Å². The largest absolute Gasteiger partial charge is 0.312 e. The van der Waals surface area contributed by atoms with Crippen LogP contribution in [-0.4, -0.2) is 16.7 Å². The number of nitrogens with one attached hydrogen (secondary N) is 2. The Morgan fingerprint density at radius 1 is 1.24 bits per heavy atom. The van der Waals surface area contributed by atoms with Crippen LogP contribution in [-0.2, 0) is 13.0 Å². The maximum atomic E-state index is 13.6. The van der Waals surface area contributed by atoms with Crippen LogP contribution in [0.4, 0.5) is 4.39 Å². The van der Waals surface area contributed by atoms with Crippen LogP contribution >= 0.6 is 12.4 Å². The molecule has 0 atom stereocenters. The van der Waals surface area contributed by atoms with Gasteiger partial charge in [0.1, 0.15) is 5.82 Å². The number of H-pyrrole nitrogens is 1. The predicted molar refractivity (Wildman–Crippen MR) is 66.6 cm³/mol. The van der Waals surface area contributed by atoms with E-state index in [1.54, 1.807) is 12.1 Å².